The van der Waals surface area contributed by atoms with Crippen LogP contribution in [0.25, 0.3) is 23.0 Å². The van der Waals surface area contributed by atoms with Crippen molar-refractivity contribution in [2.75, 3.05) is 7.11 Å². The second-order valence-electron chi connectivity index (χ2n) is 6.82. The Bertz CT molecular complexity index is 1220. The van der Waals surface area contributed by atoms with Gasteiger partial charge in [0, 0.05) is 5.56 Å². The van der Waals surface area contributed by atoms with Gasteiger partial charge in [-0.25, -0.2) is 13.8 Å². The molecule has 1 aliphatic heterocycles. The average Bonchev–Trinajstić information content (AvgIpc) is 3.40. The van der Waals surface area contributed by atoms with Crippen molar-refractivity contribution in [2.24, 2.45) is 0 Å². The van der Waals surface area contributed by atoms with Crippen molar-refractivity contribution in [1.82, 2.24) is 19.7 Å². The first-order valence-corrected chi connectivity index (χ1v) is 9.21. The van der Waals surface area contributed by atoms with Crippen molar-refractivity contribution < 1.29 is 22.8 Å². The maximum Gasteiger partial charge on any atom is 0.278 e. The van der Waals surface area contributed by atoms with Crippen LogP contribution in [0.3, 0.4) is 0 Å². The molecule has 3 heterocycles. The minimum atomic E-state index is -0.516. The van der Waals surface area contributed by atoms with Gasteiger partial charge in [-0.15, -0.1) is 0 Å². The molecule has 4 aromatic rings. The highest BCUT2D eigenvalue weighted by Gasteiger charge is 2.27. The van der Waals surface area contributed by atoms with Gasteiger partial charge in [-0.05, 0) is 35.9 Å². The van der Waals surface area contributed by atoms with Gasteiger partial charge in [0.25, 0.3) is 5.89 Å². The molecule has 0 spiro atoms. The fourth-order valence-electron chi connectivity index (χ4n) is 3.46. The number of hydrogen-bond acceptors (Lipinski definition) is 6. The second-order valence-corrected chi connectivity index (χ2v) is 6.82. The molecule has 0 saturated heterocycles. The maximum absolute atomic E-state index is 14.0. The van der Waals surface area contributed by atoms with Crippen molar-refractivity contribution in [1.29, 1.82) is 0 Å². The van der Waals surface area contributed by atoms with E-state index in [-0.39, 0.29) is 36.0 Å². The van der Waals surface area contributed by atoms with Gasteiger partial charge < -0.3 is 18.6 Å². The van der Waals surface area contributed by atoms with E-state index in [2.05, 4.69) is 15.1 Å². The lowest BCUT2D eigenvalue weighted by molar-refractivity contribution is 0.00314. The maximum atomic E-state index is 14.0. The summed E-state index contributed by atoms with van der Waals surface area (Å²) in [6, 6.07) is 10.8. The largest absolute Gasteiger partial charge is 0.494 e. The van der Waals surface area contributed by atoms with E-state index in [4.69, 9.17) is 14.0 Å². The number of ether oxygens (including phenoxy) is 2. The number of halogens is 2. The molecule has 1 aliphatic rings. The van der Waals surface area contributed by atoms with Gasteiger partial charge in [0.1, 0.15) is 11.9 Å². The predicted molar refractivity (Wildman–Crippen MR) is 101 cm³/mol. The van der Waals surface area contributed by atoms with Crippen LogP contribution in [0, 0.1) is 11.6 Å². The van der Waals surface area contributed by atoms with E-state index in [0.29, 0.717) is 17.8 Å². The SMILES string of the molecule is COc1ccc(-c2noc(-c3ncn4c3CO[C@@H](c3cccc(F)c3)C4)n2)cc1F. The van der Waals surface area contributed by atoms with Crippen LogP contribution in [0.2, 0.25) is 0 Å². The molecule has 9 heteroatoms. The summed E-state index contributed by atoms with van der Waals surface area (Å²) in [5, 5.41) is 3.93. The van der Waals surface area contributed by atoms with E-state index < -0.39 is 5.82 Å². The summed E-state index contributed by atoms with van der Waals surface area (Å²) >= 11 is 0. The van der Waals surface area contributed by atoms with Crippen molar-refractivity contribution in [3.05, 3.63) is 71.7 Å². The van der Waals surface area contributed by atoms with E-state index in [1.54, 1.807) is 18.5 Å². The first-order valence-electron chi connectivity index (χ1n) is 9.21. The molecule has 0 bridgehead atoms. The van der Waals surface area contributed by atoms with Gasteiger partial charge >= 0.3 is 0 Å². The molecule has 152 valence electrons. The van der Waals surface area contributed by atoms with Crippen LogP contribution in [-0.2, 0) is 17.9 Å². The van der Waals surface area contributed by atoms with Gasteiger partial charge in [0.15, 0.2) is 17.3 Å². The predicted octanol–water partition coefficient (Wildman–Crippen LogP) is 4.16. The third kappa shape index (κ3) is 3.22. The Morgan fingerprint density at radius 2 is 2.07 bits per heavy atom. The first kappa shape index (κ1) is 18.4. The summed E-state index contributed by atoms with van der Waals surface area (Å²) in [6.07, 6.45) is 1.38. The average molecular weight is 410 g/mol. The van der Waals surface area contributed by atoms with E-state index in [1.165, 1.54) is 31.4 Å². The number of nitrogens with zero attached hydrogens (tertiary/aromatic N) is 4. The van der Waals surface area contributed by atoms with Gasteiger partial charge in [0.05, 0.1) is 32.3 Å². The van der Waals surface area contributed by atoms with Crippen molar-refractivity contribution in [3.8, 4) is 28.7 Å². The molecule has 1 atom stereocenters. The van der Waals surface area contributed by atoms with E-state index in [1.807, 2.05) is 10.6 Å². The van der Waals surface area contributed by atoms with Crippen molar-refractivity contribution in [3.63, 3.8) is 0 Å². The summed E-state index contributed by atoms with van der Waals surface area (Å²) in [7, 11) is 1.40. The fraction of sp³-hybridized carbons (Fsp3) is 0.190. The lowest BCUT2D eigenvalue weighted by Crippen LogP contribution is -2.20. The Morgan fingerprint density at radius 1 is 1.17 bits per heavy atom. The van der Waals surface area contributed by atoms with Gasteiger partial charge in [-0.3, -0.25) is 0 Å². The van der Waals surface area contributed by atoms with Crippen LogP contribution in [0.5, 0.6) is 5.75 Å². The Labute approximate surface area is 169 Å². The standard InChI is InChI=1S/C21H16F2N4O3/c1-28-17-6-5-13(8-15(17)23)20-25-21(30-26-20)19-16-10-29-18(9-27(16)11-24-19)12-3-2-4-14(22)7-12/h2-8,11,18H,9-10H2,1H3/t18-/m1/s1. The minimum Gasteiger partial charge on any atom is -0.494 e. The fourth-order valence-corrected chi connectivity index (χ4v) is 3.46. The van der Waals surface area contributed by atoms with Crippen LogP contribution in [0.15, 0.2) is 53.3 Å². The quantitative estimate of drug-likeness (QED) is 0.503. The van der Waals surface area contributed by atoms with Crippen molar-refractivity contribution in [2.45, 2.75) is 19.3 Å². The van der Waals surface area contributed by atoms with Gasteiger partial charge in [0.2, 0.25) is 5.82 Å². The Balaban J connectivity index is 1.41. The summed E-state index contributed by atoms with van der Waals surface area (Å²) in [6.45, 7) is 0.738. The van der Waals surface area contributed by atoms with E-state index in [9.17, 15) is 8.78 Å². The molecule has 30 heavy (non-hydrogen) atoms. The topological polar surface area (TPSA) is 75.2 Å². The van der Waals surface area contributed by atoms with Gasteiger partial charge in [-0.1, -0.05) is 17.3 Å². The van der Waals surface area contributed by atoms with Crippen LogP contribution in [0.1, 0.15) is 17.4 Å². The smallest absolute Gasteiger partial charge is 0.278 e. The Morgan fingerprint density at radius 3 is 2.87 bits per heavy atom. The van der Waals surface area contributed by atoms with Gasteiger partial charge in [-0.2, -0.15) is 4.98 Å². The lowest BCUT2D eigenvalue weighted by Gasteiger charge is -2.25. The first-order chi connectivity index (χ1) is 14.6. The number of aromatic nitrogens is 4. The van der Waals surface area contributed by atoms with E-state index >= 15 is 0 Å². The summed E-state index contributed by atoms with van der Waals surface area (Å²) in [4.78, 5) is 8.73. The zero-order valence-electron chi connectivity index (χ0n) is 15.9. The highest BCUT2D eigenvalue weighted by Crippen LogP contribution is 2.32. The summed E-state index contributed by atoms with van der Waals surface area (Å²) < 4.78 is 45.6. The molecule has 0 saturated carbocycles. The molecule has 0 N–H and O–H groups in total. The third-order valence-electron chi connectivity index (χ3n) is 4.99. The summed E-state index contributed by atoms with van der Waals surface area (Å²) in [5.74, 6) is -0.236. The van der Waals surface area contributed by atoms with Crippen LogP contribution >= 0.6 is 0 Å². The Hall–Kier alpha value is -3.59. The Kier molecular flexibility index (Phi) is 4.51. The number of hydrogen-bond donors (Lipinski definition) is 0. The number of methoxy groups -OCH3 is 1. The molecule has 0 aliphatic carbocycles. The number of rotatable bonds is 4. The molecular weight excluding hydrogens is 394 g/mol. The van der Waals surface area contributed by atoms with Crippen LogP contribution in [0.4, 0.5) is 8.78 Å². The van der Waals surface area contributed by atoms with Crippen LogP contribution < -0.4 is 4.74 Å². The lowest BCUT2D eigenvalue weighted by atomic mass is 10.1. The molecule has 2 aromatic carbocycles. The molecule has 0 radical (unpaired) electrons. The molecule has 0 unspecified atom stereocenters. The number of benzene rings is 2. The monoisotopic (exact) mass is 410 g/mol. The normalized spacial score (nSPS) is 15.8. The van der Waals surface area contributed by atoms with Crippen molar-refractivity contribution >= 4 is 0 Å². The second kappa shape index (κ2) is 7.34. The number of fused-ring (bicyclic) bond motifs is 1. The van der Waals surface area contributed by atoms with E-state index in [0.717, 1.165) is 11.3 Å². The molecule has 7 nitrogen and oxygen atoms in total. The third-order valence-corrected chi connectivity index (χ3v) is 4.99. The zero-order chi connectivity index (χ0) is 20.7. The molecule has 0 fully saturated rings. The van der Waals surface area contributed by atoms with Crippen LogP contribution in [-0.4, -0.2) is 26.8 Å². The zero-order valence-corrected chi connectivity index (χ0v) is 15.9. The number of imidazole rings is 1. The molecule has 2 aromatic heterocycles. The summed E-state index contributed by atoms with van der Waals surface area (Å²) in [5.41, 5.74) is 2.50. The molecule has 0 amide bonds. The minimum absolute atomic E-state index is 0.135. The highest BCUT2D eigenvalue weighted by molar-refractivity contribution is 5.60. The molecular formula is C21H16F2N4O3. The highest BCUT2D eigenvalue weighted by atomic mass is 19.1. The molecule has 5 rings (SSSR count).